The minimum Gasteiger partial charge on any atom is -0.337 e. The maximum absolute atomic E-state index is 13.1. The maximum atomic E-state index is 13.1. The molecule has 4 aromatic rings. The minimum absolute atomic E-state index is 0.122. The van der Waals surface area contributed by atoms with Gasteiger partial charge in [-0.15, -0.1) is 0 Å². The second-order valence-electron chi connectivity index (χ2n) is 6.57. The Morgan fingerprint density at radius 3 is 2.67 bits per heavy atom. The summed E-state index contributed by atoms with van der Waals surface area (Å²) >= 11 is 5.94. The highest BCUT2D eigenvalue weighted by molar-refractivity contribution is 6.30. The molecule has 0 aliphatic rings. The number of nitrogens with zero attached hydrogens (tertiary/aromatic N) is 4. The number of aryl methyl sites for hydroxylation is 1. The molecule has 1 N–H and O–H groups in total. The normalized spacial score (nSPS) is 11.0. The Morgan fingerprint density at radius 1 is 1.13 bits per heavy atom. The fraction of sp³-hybridized carbons (Fsp3) is 0.150. The van der Waals surface area contributed by atoms with E-state index >= 15 is 0 Å². The third kappa shape index (κ3) is 3.87. The van der Waals surface area contributed by atoms with Gasteiger partial charge in [0.2, 0.25) is 11.8 Å². The molecule has 2 aromatic carbocycles. The average molecular weight is 426 g/mol. The molecule has 0 atom stereocenters. The third-order valence-electron chi connectivity index (χ3n) is 4.41. The number of carbonyl (C=O) groups is 1. The molecule has 152 valence electrons. The van der Waals surface area contributed by atoms with Crippen LogP contribution < -0.4 is 16.6 Å². The smallest absolute Gasteiger partial charge is 0.332 e. The molecule has 0 bridgehead atoms. The standard InChI is InChI=1S/C20H16ClN5O4/c1-12-22-18(30-24-12)11-26-19(28)15-7-2-3-8-16(15)25(20(26)29)10-17(27)23-14-6-4-5-13(21)9-14/h2-9H,10-11H2,1H3,(H,23,27). The quantitative estimate of drug-likeness (QED) is 0.524. The van der Waals surface area contributed by atoms with Crippen molar-refractivity contribution in [3.05, 3.63) is 86.1 Å². The molecule has 4 rings (SSSR count). The Balaban J connectivity index is 1.75. The summed E-state index contributed by atoms with van der Waals surface area (Å²) in [7, 11) is 0. The van der Waals surface area contributed by atoms with Crippen LogP contribution in [-0.4, -0.2) is 25.2 Å². The van der Waals surface area contributed by atoms with Gasteiger partial charge in [0, 0.05) is 10.7 Å². The molecule has 30 heavy (non-hydrogen) atoms. The van der Waals surface area contributed by atoms with Gasteiger partial charge in [-0.05, 0) is 37.3 Å². The second-order valence-corrected chi connectivity index (χ2v) is 7.01. The molecule has 0 unspecified atom stereocenters. The highest BCUT2D eigenvalue weighted by Gasteiger charge is 2.17. The number of benzene rings is 2. The molecule has 0 radical (unpaired) electrons. The summed E-state index contributed by atoms with van der Waals surface area (Å²) in [6.45, 7) is 1.14. The number of hydrogen-bond acceptors (Lipinski definition) is 6. The molecule has 10 heteroatoms. The molecule has 9 nitrogen and oxygen atoms in total. The summed E-state index contributed by atoms with van der Waals surface area (Å²) in [5, 5.41) is 7.14. The van der Waals surface area contributed by atoms with Gasteiger partial charge < -0.3 is 9.84 Å². The summed E-state index contributed by atoms with van der Waals surface area (Å²) in [6, 6.07) is 13.3. The maximum Gasteiger partial charge on any atom is 0.332 e. The zero-order valence-electron chi connectivity index (χ0n) is 15.8. The van der Waals surface area contributed by atoms with Crippen LogP contribution in [0.5, 0.6) is 0 Å². The number of anilines is 1. The molecule has 0 aliphatic heterocycles. The lowest BCUT2D eigenvalue weighted by Gasteiger charge is -2.13. The van der Waals surface area contributed by atoms with Crippen molar-refractivity contribution in [1.82, 2.24) is 19.3 Å². The van der Waals surface area contributed by atoms with Crippen LogP contribution >= 0.6 is 11.6 Å². The van der Waals surface area contributed by atoms with Crippen LogP contribution in [-0.2, 0) is 17.9 Å². The van der Waals surface area contributed by atoms with Gasteiger partial charge in [-0.2, -0.15) is 4.98 Å². The number of halogens is 1. The van der Waals surface area contributed by atoms with E-state index < -0.39 is 17.2 Å². The topological polar surface area (TPSA) is 112 Å². The first-order valence-corrected chi connectivity index (χ1v) is 9.37. The number of para-hydroxylation sites is 1. The summed E-state index contributed by atoms with van der Waals surface area (Å²) in [5.41, 5.74) is -0.306. The third-order valence-corrected chi connectivity index (χ3v) is 4.64. The molecule has 0 saturated carbocycles. The number of aromatic nitrogens is 4. The van der Waals surface area contributed by atoms with Gasteiger partial charge >= 0.3 is 5.69 Å². The first kappa shape index (κ1) is 19.6. The van der Waals surface area contributed by atoms with Crippen LogP contribution in [0, 0.1) is 6.92 Å². The zero-order valence-corrected chi connectivity index (χ0v) is 16.6. The Bertz CT molecular complexity index is 1370. The first-order chi connectivity index (χ1) is 14.4. The van der Waals surface area contributed by atoms with E-state index in [0.717, 1.165) is 4.57 Å². The van der Waals surface area contributed by atoms with Crippen molar-refractivity contribution in [1.29, 1.82) is 0 Å². The zero-order chi connectivity index (χ0) is 21.3. The van der Waals surface area contributed by atoms with E-state index in [1.54, 1.807) is 55.5 Å². The van der Waals surface area contributed by atoms with E-state index in [0.29, 0.717) is 27.4 Å². The van der Waals surface area contributed by atoms with E-state index in [9.17, 15) is 14.4 Å². The molecule has 2 heterocycles. The number of fused-ring (bicyclic) bond motifs is 1. The average Bonchev–Trinajstić information content (AvgIpc) is 3.13. The van der Waals surface area contributed by atoms with E-state index in [1.807, 2.05) is 0 Å². The van der Waals surface area contributed by atoms with Crippen LogP contribution in [0.3, 0.4) is 0 Å². The van der Waals surface area contributed by atoms with Gasteiger partial charge in [-0.3, -0.25) is 18.7 Å². The molecule has 1 amide bonds. The lowest BCUT2D eigenvalue weighted by atomic mass is 10.2. The van der Waals surface area contributed by atoms with Gasteiger partial charge in [0.1, 0.15) is 13.1 Å². The Morgan fingerprint density at radius 2 is 1.93 bits per heavy atom. The highest BCUT2D eigenvalue weighted by atomic mass is 35.5. The van der Waals surface area contributed by atoms with Gasteiger partial charge in [0.15, 0.2) is 5.82 Å². The molecule has 0 saturated heterocycles. The molecule has 0 spiro atoms. The predicted molar refractivity (Wildman–Crippen MR) is 111 cm³/mol. The SMILES string of the molecule is Cc1noc(Cn2c(=O)c3ccccc3n(CC(=O)Nc3cccc(Cl)c3)c2=O)n1. The van der Waals surface area contributed by atoms with Gasteiger partial charge in [-0.1, -0.05) is 35.0 Å². The van der Waals surface area contributed by atoms with Crippen LogP contribution in [0.15, 0.2) is 62.6 Å². The van der Waals surface area contributed by atoms with Crippen LogP contribution in [0.25, 0.3) is 10.9 Å². The van der Waals surface area contributed by atoms with Gasteiger partial charge in [0.05, 0.1) is 10.9 Å². The summed E-state index contributed by atoms with van der Waals surface area (Å²) in [4.78, 5) is 42.6. The lowest BCUT2D eigenvalue weighted by Crippen LogP contribution is -2.42. The minimum atomic E-state index is -0.657. The Kier molecular flexibility index (Phi) is 5.20. The molecular weight excluding hydrogens is 410 g/mol. The fourth-order valence-electron chi connectivity index (χ4n) is 3.11. The highest BCUT2D eigenvalue weighted by Crippen LogP contribution is 2.15. The number of carbonyl (C=O) groups excluding carboxylic acids is 1. The summed E-state index contributed by atoms with van der Waals surface area (Å²) < 4.78 is 7.25. The van der Waals surface area contributed by atoms with E-state index in [-0.39, 0.29) is 19.0 Å². The number of rotatable bonds is 5. The number of amides is 1. The number of hydrogen-bond donors (Lipinski definition) is 1. The van der Waals surface area contributed by atoms with Crippen molar-refractivity contribution >= 4 is 34.1 Å². The van der Waals surface area contributed by atoms with Crippen molar-refractivity contribution < 1.29 is 9.32 Å². The van der Waals surface area contributed by atoms with Crippen molar-refractivity contribution in [3.63, 3.8) is 0 Å². The second kappa shape index (κ2) is 7.96. The van der Waals surface area contributed by atoms with Crippen LogP contribution in [0.4, 0.5) is 5.69 Å². The Hall–Kier alpha value is -3.72. The summed E-state index contributed by atoms with van der Waals surface area (Å²) in [6.07, 6.45) is 0. The van der Waals surface area contributed by atoms with Crippen molar-refractivity contribution in [2.24, 2.45) is 0 Å². The summed E-state index contributed by atoms with van der Waals surface area (Å²) in [5.74, 6) is 0.0697. The van der Waals surface area contributed by atoms with Crippen molar-refractivity contribution in [3.8, 4) is 0 Å². The predicted octanol–water partition coefficient (Wildman–Crippen LogP) is 2.20. The van der Waals surface area contributed by atoms with Crippen molar-refractivity contribution in [2.45, 2.75) is 20.0 Å². The molecular formula is C20H16ClN5O4. The molecule has 2 aromatic heterocycles. The van der Waals surface area contributed by atoms with Gasteiger partial charge in [-0.25, -0.2) is 4.79 Å². The molecule has 0 fully saturated rings. The van der Waals surface area contributed by atoms with Gasteiger partial charge in [0.25, 0.3) is 5.56 Å². The monoisotopic (exact) mass is 425 g/mol. The van der Waals surface area contributed by atoms with Crippen LogP contribution in [0.2, 0.25) is 5.02 Å². The molecule has 0 aliphatic carbocycles. The van der Waals surface area contributed by atoms with E-state index in [4.69, 9.17) is 16.1 Å². The lowest BCUT2D eigenvalue weighted by molar-refractivity contribution is -0.116. The fourth-order valence-corrected chi connectivity index (χ4v) is 3.30. The largest absolute Gasteiger partial charge is 0.337 e. The Labute approximate surface area is 174 Å². The van der Waals surface area contributed by atoms with E-state index in [1.165, 1.54) is 4.57 Å². The first-order valence-electron chi connectivity index (χ1n) is 8.99. The van der Waals surface area contributed by atoms with E-state index in [2.05, 4.69) is 15.5 Å². The van der Waals surface area contributed by atoms with Crippen molar-refractivity contribution in [2.75, 3.05) is 5.32 Å². The van der Waals surface area contributed by atoms with Crippen LogP contribution in [0.1, 0.15) is 11.7 Å². The number of nitrogens with one attached hydrogen (secondary N) is 1.